The first-order valence-corrected chi connectivity index (χ1v) is 6.82. The van der Waals surface area contributed by atoms with Crippen molar-refractivity contribution in [3.05, 3.63) is 29.2 Å². The first-order valence-electron chi connectivity index (χ1n) is 6.82. The number of benzene rings is 1. The lowest BCUT2D eigenvalue weighted by atomic mass is 10.2. The zero-order valence-electron chi connectivity index (χ0n) is 11.5. The third-order valence-electron chi connectivity index (χ3n) is 3.08. The highest BCUT2D eigenvalue weighted by molar-refractivity contribution is 5.52. The van der Waals surface area contributed by atoms with Gasteiger partial charge in [-0.05, 0) is 29.4 Å². The fourth-order valence-corrected chi connectivity index (χ4v) is 1.99. The summed E-state index contributed by atoms with van der Waals surface area (Å²) in [5.41, 5.74) is 1.48. The van der Waals surface area contributed by atoms with Crippen molar-refractivity contribution in [1.29, 1.82) is 0 Å². The Hall–Kier alpha value is -1.50. The first-order chi connectivity index (χ1) is 9.90. The molecule has 1 aromatic rings. The fraction of sp³-hybridized carbons (Fsp3) is 0.571. The third-order valence-corrected chi connectivity index (χ3v) is 3.08. The molecule has 6 heteroatoms. The number of hydrogen-bond donors (Lipinski definition) is 0. The van der Waals surface area contributed by atoms with Gasteiger partial charge in [-0.3, -0.25) is 0 Å². The molecule has 1 heterocycles. The largest absolute Gasteiger partial charge is 0.377 e. The molecular weight excluding hydrogens is 260 g/mol. The summed E-state index contributed by atoms with van der Waals surface area (Å²) in [6, 6.07) is 7.22. The fourth-order valence-electron chi connectivity index (χ4n) is 1.99. The van der Waals surface area contributed by atoms with Gasteiger partial charge in [0, 0.05) is 18.8 Å². The van der Waals surface area contributed by atoms with Gasteiger partial charge in [0.1, 0.15) is 5.69 Å². The van der Waals surface area contributed by atoms with Gasteiger partial charge in [0.2, 0.25) is 0 Å². The molecule has 0 bridgehead atoms. The normalized spacial score (nSPS) is 18.9. The molecule has 2 rings (SSSR count). The summed E-state index contributed by atoms with van der Waals surface area (Å²) in [6.07, 6.45) is 0. The van der Waals surface area contributed by atoms with Gasteiger partial charge in [0.05, 0.1) is 39.6 Å². The maximum Gasteiger partial charge on any atom is 0.108 e. The molecule has 0 N–H and O–H groups in total. The lowest BCUT2D eigenvalue weighted by molar-refractivity contribution is 0.0126. The predicted octanol–water partition coefficient (Wildman–Crippen LogP) is 1.95. The summed E-state index contributed by atoms with van der Waals surface area (Å²) in [6.45, 7) is 5.22. The molecule has 20 heavy (non-hydrogen) atoms. The second-order valence-electron chi connectivity index (χ2n) is 4.43. The molecule has 0 saturated carbocycles. The smallest absolute Gasteiger partial charge is 0.108 e. The van der Waals surface area contributed by atoms with E-state index in [4.69, 9.17) is 14.2 Å². The lowest BCUT2D eigenvalue weighted by Gasteiger charge is -2.25. The summed E-state index contributed by atoms with van der Waals surface area (Å²) >= 11 is 0. The molecular formula is C14H20N2O4. The number of nitrogens with zero attached hydrogens (tertiary/aromatic N) is 2. The van der Waals surface area contributed by atoms with Crippen molar-refractivity contribution in [3.63, 3.8) is 0 Å². The second-order valence-corrected chi connectivity index (χ2v) is 4.43. The van der Waals surface area contributed by atoms with E-state index >= 15 is 0 Å². The highest BCUT2D eigenvalue weighted by Gasteiger charge is 2.07. The zero-order valence-corrected chi connectivity index (χ0v) is 11.5. The van der Waals surface area contributed by atoms with Crippen molar-refractivity contribution in [3.8, 4) is 0 Å². The maximum absolute atomic E-state index is 10.4. The van der Waals surface area contributed by atoms with Gasteiger partial charge < -0.3 is 19.1 Å². The Morgan fingerprint density at radius 2 is 1.30 bits per heavy atom. The van der Waals surface area contributed by atoms with Crippen LogP contribution in [0.1, 0.15) is 0 Å². The van der Waals surface area contributed by atoms with Gasteiger partial charge in [0.15, 0.2) is 0 Å². The van der Waals surface area contributed by atoms with Gasteiger partial charge >= 0.3 is 0 Å². The molecule has 110 valence electrons. The predicted molar refractivity (Wildman–Crippen MR) is 76.6 cm³/mol. The Labute approximate surface area is 118 Å². The van der Waals surface area contributed by atoms with E-state index in [0.29, 0.717) is 45.3 Å². The number of rotatable bonds is 2. The molecule has 0 radical (unpaired) electrons. The van der Waals surface area contributed by atoms with Gasteiger partial charge in [-0.2, -0.15) is 0 Å². The van der Waals surface area contributed by atoms with Crippen LogP contribution in [0.15, 0.2) is 29.4 Å². The Morgan fingerprint density at radius 1 is 0.800 bits per heavy atom. The van der Waals surface area contributed by atoms with Crippen molar-refractivity contribution in [2.24, 2.45) is 5.18 Å². The van der Waals surface area contributed by atoms with Crippen molar-refractivity contribution in [1.82, 2.24) is 0 Å². The van der Waals surface area contributed by atoms with Gasteiger partial charge in [-0.25, -0.2) is 0 Å². The minimum Gasteiger partial charge on any atom is -0.377 e. The van der Waals surface area contributed by atoms with Crippen LogP contribution in [0.25, 0.3) is 0 Å². The molecule has 0 aromatic heterocycles. The minimum absolute atomic E-state index is 0.438. The topological polar surface area (TPSA) is 60.4 Å². The van der Waals surface area contributed by atoms with Crippen LogP contribution in [-0.2, 0) is 14.2 Å². The lowest BCUT2D eigenvalue weighted by Crippen LogP contribution is -2.32. The average molecular weight is 280 g/mol. The zero-order chi connectivity index (χ0) is 14.0. The summed E-state index contributed by atoms with van der Waals surface area (Å²) in [5.74, 6) is 0. The molecule has 1 aromatic carbocycles. The van der Waals surface area contributed by atoms with Gasteiger partial charge in [-0.15, -0.1) is 4.91 Å². The van der Waals surface area contributed by atoms with Crippen molar-refractivity contribution >= 4 is 11.4 Å². The van der Waals surface area contributed by atoms with Crippen LogP contribution in [0.3, 0.4) is 0 Å². The monoisotopic (exact) mass is 280 g/mol. The molecule has 0 aliphatic carbocycles. The van der Waals surface area contributed by atoms with Crippen LogP contribution in [0, 0.1) is 4.91 Å². The average Bonchev–Trinajstić information content (AvgIpc) is 2.48. The molecule has 1 saturated heterocycles. The maximum atomic E-state index is 10.4. The molecule has 0 spiro atoms. The van der Waals surface area contributed by atoms with E-state index in [1.807, 2.05) is 12.1 Å². The summed E-state index contributed by atoms with van der Waals surface area (Å²) in [5, 5.41) is 2.91. The van der Waals surface area contributed by atoms with E-state index in [2.05, 4.69) is 10.1 Å². The molecule has 0 amide bonds. The highest BCUT2D eigenvalue weighted by Crippen LogP contribution is 2.19. The number of nitroso groups, excluding NO2 is 1. The van der Waals surface area contributed by atoms with E-state index in [9.17, 15) is 4.91 Å². The minimum atomic E-state index is 0.438. The summed E-state index contributed by atoms with van der Waals surface area (Å²) < 4.78 is 16.4. The van der Waals surface area contributed by atoms with Crippen LogP contribution < -0.4 is 4.90 Å². The molecule has 0 atom stereocenters. The molecule has 0 unspecified atom stereocenters. The van der Waals surface area contributed by atoms with Gasteiger partial charge in [0.25, 0.3) is 0 Å². The summed E-state index contributed by atoms with van der Waals surface area (Å²) in [7, 11) is 0. The van der Waals surface area contributed by atoms with E-state index in [1.165, 1.54) is 0 Å². The van der Waals surface area contributed by atoms with Crippen LogP contribution in [-0.4, -0.2) is 52.7 Å². The van der Waals surface area contributed by atoms with Crippen LogP contribution in [0.4, 0.5) is 11.4 Å². The standard InChI is InChI=1S/C14H20N2O4/c17-15-13-1-3-14(4-2-13)16-5-7-18-9-11-20-12-10-19-8-6-16/h1-4H,5-12H2. The Balaban J connectivity index is 1.95. The van der Waals surface area contributed by atoms with Crippen molar-refractivity contribution in [2.45, 2.75) is 0 Å². The first kappa shape index (κ1) is 14.9. The SMILES string of the molecule is O=Nc1ccc(N2CCOCCOCCOCC2)cc1. The quantitative estimate of drug-likeness (QED) is 0.775. The van der Waals surface area contributed by atoms with E-state index in [1.54, 1.807) is 12.1 Å². The number of hydrogen-bond acceptors (Lipinski definition) is 6. The third kappa shape index (κ3) is 4.88. The number of anilines is 1. The summed E-state index contributed by atoms with van der Waals surface area (Å²) in [4.78, 5) is 12.6. The van der Waals surface area contributed by atoms with Crippen LogP contribution >= 0.6 is 0 Å². The molecule has 1 fully saturated rings. The van der Waals surface area contributed by atoms with Crippen LogP contribution in [0.2, 0.25) is 0 Å². The molecule has 1 aliphatic rings. The van der Waals surface area contributed by atoms with Gasteiger partial charge in [-0.1, -0.05) is 0 Å². The van der Waals surface area contributed by atoms with E-state index in [-0.39, 0.29) is 0 Å². The van der Waals surface area contributed by atoms with Crippen molar-refractivity contribution in [2.75, 3.05) is 57.6 Å². The van der Waals surface area contributed by atoms with E-state index < -0.39 is 0 Å². The Bertz CT molecular complexity index is 385. The highest BCUT2D eigenvalue weighted by atomic mass is 16.5. The Kier molecular flexibility index (Phi) is 6.43. The molecule has 6 nitrogen and oxygen atoms in total. The van der Waals surface area contributed by atoms with E-state index in [0.717, 1.165) is 18.8 Å². The second kappa shape index (κ2) is 8.63. The number of ether oxygens (including phenoxy) is 3. The van der Waals surface area contributed by atoms with Crippen LogP contribution in [0.5, 0.6) is 0 Å². The Morgan fingerprint density at radius 3 is 1.80 bits per heavy atom. The molecule has 1 aliphatic heterocycles. The van der Waals surface area contributed by atoms with Crippen molar-refractivity contribution < 1.29 is 14.2 Å².